The molecule has 1 heterocycles. The van der Waals surface area contributed by atoms with E-state index in [4.69, 9.17) is 0 Å². The Morgan fingerprint density at radius 3 is 2.67 bits per heavy atom. The lowest BCUT2D eigenvalue weighted by atomic mass is 9.98. The number of fused-ring (bicyclic) bond motifs is 1. The SMILES string of the molecule is CC1=Nc2ccc(C(=O)Nc3ccccc3)cc2C(=O)C1. The van der Waals surface area contributed by atoms with Gasteiger partial charge in [-0.1, -0.05) is 18.2 Å². The van der Waals surface area contributed by atoms with Crippen molar-refractivity contribution in [2.24, 2.45) is 4.99 Å². The van der Waals surface area contributed by atoms with Gasteiger partial charge in [-0.25, -0.2) is 0 Å². The first kappa shape index (κ1) is 13.2. The van der Waals surface area contributed by atoms with Gasteiger partial charge >= 0.3 is 0 Å². The number of carbonyl (C=O) groups excluding carboxylic acids is 2. The Morgan fingerprint density at radius 2 is 1.90 bits per heavy atom. The molecule has 1 amide bonds. The molecular formula is C17H14N2O2. The van der Waals surface area contributed by atoms with Crippen LogP contribution in [0.4, 0.5) is 11.4 Å². The summed E-state index contributed by atoms with van der Waals surface area (Å²) in [6, 6.07) is 14.2. The summed E-state index contributed by atoms with van der Waals surface area (Å²) in [7, 11) is 0. The van der Waals surface area contributed by atoms with Gasteiger partial charge in [-0.05, 0) is 37.3 Å². The van der Waals surface area contributed by atoms with Crippen LogP contribution in [0.1, 0.15) is 34.1 Å². The van der Waals surface area contributed by atoms with Crippen molar-refractivity contribution in [2.45, 2.75) is 13.3 Å². The molecule has 0 atom stereocenters. The lowest BCUT2D eigenvalue weighted by Gasteiger charge is -2.13. The fourth-order valence-corrected chi connectivity index (χ4v) is 2.30. The molecule has 4 nitrogen and oxygen atoms in total. The zero-order valence-electron chi connectivity index (χ0n) is 11.6. The summed E-state index contributed by atoms with van der Waals surface area (Å²) in [5, 5.41) is 2.80. The van der Waals surface area contributed by atoms with Crippen molar-refractivity contribution in [1.82, 2.24) is 0 Å². The van der Waals surface area contributed by atoms with Crippen molar-refractivity contribution >= 4 is 28.8 Å². The number of hydrogen-bond acceptors (Lipinski definition) is 3. The average Bonchev–Trinajstić information content (AvgIpc) is 2.47. The number of aliphatic imine (C=N–C) groups is 1. The molecular weight excluding hydrogens is 264 g/mol. The van der Waals surface area contributed by atoms with Gasteiger partial charge in [-0.3, -0.25) is 14.6 Å². The highest BCUT2D eigenvalue weighted by molar-refractivity contribution is 6.16. The van der Waals surface area contributed by atoms with Gasteiger partial charge in [-0.15, -0.1) is 0 Å². The number of anilines is 1. The van der Waals surface area contributed by atoms with Crippen LogP contribution in [0.15, 0.2) is 53.5 Å². The summed E-state index contributed by atoms with van der Waals surface area (Å²) in [5.41, 5.74) is 3.14. The summed E-state index contributed by atoms with van der Waals surface area (Å²) in [4.78, 5) is 28.6. The number of nitrogens with one attached hydrogen (secondary N) is 1. The average molecular weight is 278 g/mol. The molecule has 0 bridgehead atoms. The van der Waals surface area contributed by atoms with Gasteiger partial charge in [0, 0.05) is 28.9 Å². The van der Waals surface area contributed by atoms with E-state index in [0.717, 1.165) is 11.4 Å². The summed E-state index contributed by atoms with van der Waals surface area (Å²) in [5.74, 6) is -0.227. The van der Waals surface area contributed by atoms with Gasteiger partial charge in [0.05, 0.1) is 5.69 Å². The van der Waals surface area contributed by atoms with E-state index in [-0.39, 0.29) is 11.7 Å². The van der Waals surface area contributed by atoms with Crippen molar-refractivity contribution in [3.05, 3.63) is 59.7 Å². The maximum atomic E-state index is 12.2. The van der Waals surface area contributed by atoms with E-state index in [1.807, 2.05) is 37.3 Å². The summed E-state index contributed by atoms with van der Waals surface area (Å²) in [6.07, 6.45) is 0.316. The standard InChI is InChI=1S/C17H14N2O2/c1-11-9-16(20)14-10-12(7-8-15(14)18-11)17(21)19-13-5-3-2-4-6-13/h2-8,10H,9H2,1H3,(H,19,21). The molecule has 4 heteroatoms. The van der Waals surface area contributed by atoms with Gasteiger partial charge in [0.1, 0.15) is 0 Å². The van der Waals surface area contributed by atoms with Gasteiger partial charge < -0.3 is 5.32 Å². The molecule has 1 N–H and O–H groups in total. The molecule has 0 radical (unpaired) electrons. The Kier molecular flexibility index (Phi) is 3.36. The van der Waals surface area contributed by atoms with Crippen LogP contribution in [0, 0.1) is 0 Å². The van der Waals surface area contributed by atoms with Crippen LogP contribution >= 0.6 is 0 Å². The Labute approximate surface area is 122 Å². The zero-order chi connectivity index (χ0) is 14.8. The lowest BCUT2D eigenvalue weighted by molar-refractivity contribution is 0.0999. The van der Waals surface area contributed by atoms with Crippen LogP contribution < -0.4 is 5.32 Å². The van der Waals surface area contributed by atoms with E-state index in [2.05, 4.69) is 10.3 Å². The fourth-order valence-electron chi connectivity index (χ4n) is 2.30. The minimum absolute atomic E-state index is 0.00635. The van der Waals surface area contributed by atoms with Crippen molar-refractivity contribution < 1.29 is 9.59 Å². The number of ketones is 1. The van der Waals surface area contributed by atoms with Crippen molar-refractivity contribution in [3.63, 3.8) is 0 Å². The molecule has 0 spiro atoms. The second-order valence-electron chi connectivity index (χ2n) is 5.00. The molecule has 0 aromatic heterocycles. The van der Waals surface area contributed by atoms with Crippen LogP contribution in [0.5, 0.6) is 0 Å². The molecule has 3 rings (SSSR count). The molecule has 1 aliphatic heterocycles. The second kappa shape index (κ2) is 5.32. The highest BCUT2D eigenvalue weighted by atomic mass is 16.1. The Bertz CT molecular complexity index is 749. The van der Waals surface area contributed by atoms with Crippen LogP contribution in [0.2, 0.25) is 0 Å². The molecule has 104 valence electrons. The predicted octanol–water partition coefficient (Wildman–Crippen LogP) is 3.62. The Morgan fingerprint density at radius 1 is 1.14 bits per heavy atom. The topological polar surface area (TPSA) is 58.5 Å². The van der Waals surface area contributed by atoms with Gasteiger partial charge in [0.15, 0.2) is 5.78 Å². The lowest BCUT2D eigenvalue weighted by Crippen LogP contribution is -2.15. The van der Waals surface area contributed by atoms with E-state index in [1.165, 1.54) is 0 Å². The highest BCUT2D eigenvalue weighted by Gasteiger charge is 2.19. The molecule has 0 fully saturated rings. The van der Waals surface area contributed by atoms with E-state index in [1.54, 1.807) is 18.2 Å². The summed E-state index contributed by atoms with van der Waals surface area (Å²) >= 11 is 0. The summed E-state index contributed by atoms with van der Waals surface area (Å²) in [6.45, 7) is 1.83. The minimum Gasteiger partial charge on any atom is -0.322 e. The minimum atomic E-state index is -0.233. The number of Topliss-reactive ketones (excluding diaryl/α,β-unsaturated/α-hetero) is 1. The first-order chi connectivity index (χ1) is 10.1. The van der Waals surface area contributed by atoms with Gasteiger partial charge in [0.25, 0.3) is 5.91 Å². The quantitative estimate of drug-likeness (QED) is 0.912. The molecule has 1 aliphatic rings. The zero-order valence-corrected chi connectivity index (χ0v) is 11.6. The number of carbonyl (C=O) groups is 2. The molecule has 0 saturated heterocycles. The number of rotatable bonds is 2. The first-order valence-electron chi connectivity index (χ1n) is 6.71. The summed E-state index contributed by atoms with van der Waals surface area (Å²) < 4.78 is 0. The number of hydrogen-bond donors (Lipinski definition) is 1. The van der Waals surface area contributed by atoms with Gasteiger partial charge in [0.2, 0.25) is 0 Å². The van der Waals surface area contributed by atoms with Gasteiger partial charge in [-0.2, -0.15) is 0 Å². The Balaban J connectivity index is 1.89. The Hall–Kier alpha value is -2.75. The predicted molar refractivity (Wildman–Crippen MR) is 82.6 cm³/mol. The fraction of sp³-hybridized carbons (Fsp3) is 0.118. The number of benzene rings is 2. The van der Waals surface area contributed by atoms with Crippen molar-refractivity contribution in [1.29, 1.82) is 0 Å². The number of amides is 1. The van der Waals surface area contributed by atoms with Crippen LogP contribution in [-0.4, -0.2) is 17.4 Å². The molecule has 21 heavy (non-hydrogen) atoms. The monoisotopic (exact) mass is 278 g/mol. The second-order valence-corrected chi connectivity index (χ2v) is 5.00. The maximum Gasteiger partial charge on any atom is 0.255 e. The molecule has 0 aliphatic carbocycles. The first-order valence-corrected chi connectivity index (χ1v) is 6.71. The highest BCUT2D eigenvalue weighted by Crippen LogP contribution is 2.27. The van der Waals surface area contributed by atoms with Crippen molar-refractivity contribution in [2.75, 3.05) is 5.32 Å². The molecule has 2 aromatic rings. The maximum absolute atomic E-state index is 12.2. The third-order valence-electron chi connectivity index (χ3n) is 3.32. The largest absolute Gasteiger partial charge is 0.322 e. The molecule has 0 saturated carbocycles. The van der Waals surface area contributed by atoms with Crippen LogP contribution in [0.25, 0.3) is 0 Å². The van der Waals surface area contributed by atoms with E-state index >= 15 is 0 Å². The van der Waals surface area contributed by atoms with E-state index < -0.39 is 0 Å². The third kappa shape index (κ3) is 2.74. The van der Waals surface area contributed by atoms with Crippen LogP contribution in [-0.2, 0) is 0 Å². The normalized spacial score (nSPS) is 13.4. The number of para-hydroxylation sites is 1. The number of nitrogens with zero attached hydrogens (tertiary/aromatic N) is 1. The van der Waals surface area contributed by atoms with Crippen molar-refractivity contribution in [3.8, 4) is 0 Å². The molecule has 0 unspecified atom stereocenters. The third-order valence-corrected chi connectivity index (χ3v) is 3.32. The van der Waals surface area contributed by atoms with E-state index in [9.17, 15) is 9.59 Å². The smallest absolute Gasteiger partial charge is 0.255 e. The molecule has 2 aromatic carbocycles. The van der Waals surface area contributed by atoms with E-state index in [0.29, 0.717) is 23.2 Å². The van der Waals surface area contributed by atoms with Crippen LogP contribution in [0.3, 0.4) is 0 Å².